The van der Waals surface area contributed by atoms with Gasteiger partial charge in [-0.2, -0.15) is 0 Å². The van der Waals surface area contributed by atoms with Gasteiger partial charge in [-0.05, 0) is 34.0 Å². The van der Waals surface area contributed by atoms with Crippen molar-refractivity contribution in [3.05, 3.63) is 83.9 Å². The summed E-state index contributed by atoms with van der Waals surface area (Å²) in [7, 11) is 0. The molecule has 0 radical (unpaired) electrons. The van der Waals surface area contributed by atoms with Crippen molar-refractivity contribution < 1.29 is 14.3 Å². The van der Waals surface area contributed by atoms with Gasteiger partial charge in [0.05, 0.1) is 6.61 Å². The van der Waals surface area contributed by atoms with Gasteiger partial charge in [0, 0.05) is 23.3 Å². The smallest absolute Gasteiger partial charge is 0.334 e. The van der Waals surface area contributed by atoms with Gasteiger partial charge in [0.15, 0.2) is 5.12 Å². The van der Waals surface area contributed by atoms with Gasteiger partial charge >= 0.3 is 5.97 Å². The molecule has 4 heteroatoms. The maximum Gasteiger partial charge on any atom is 0.334 e. The van der Waals surface area contributed by atoms with Crippen LogP contribution < -0.4 is 0 Å². The van der Waals surface area contributed by atoms with E-state index >= 15 is 0 Å². The minimum Gasteiger partial charge on any atom is -0.462 e. The number of hydrogen-bond acceptors (Lipinski definition) is 4. The van der Waals surface area contributed by atoms with Gasteiger partial charge in [0.1, 0.15) is 0 Å². The first-order chi connectivity index (χ1) is 13.2. The molecule has 27 heavy (non-hydrogen) atoms. The molecular formula is C23H18O3S. The fourth-order valence-corrected chi connectivity index (χ4v) is 4.09. The number of carbonyl (C=O) groups is 2. The summed E-state index contributed by atoms with van der Waals surface area (Å²) in [6, 6.07) is 23.7. The van der Waals surface area contributed by atoms with Crippen LogP contribution in [0.5, 0.6) is 0 Å². The Morgan fingerprint density at radius 3 is 2.48 bits per heavy atom. The van der Waals surface area contributed by atoms with Crippen molar-refractivity contribution in [1.82, 2.24) is 0 Å². The van der Waals surface area contributed by atoms with E-state index in [1.807, 2.05) is 72.8 Å². The summed E-state index contributed by atoms with van der Waals surface area (Å²) in [6.07, 6.45) is 0.708. The molecule has 0 aliphatic carbocycles. The van der Waals surface area contributed by atoms with E-state index in [9.17, 15) is 9.59 Å². The van der Waals surface area contributed by atoms with E-state index in [2.05, 4.69) is 0 Å². The quantitative estimate of drug-likeness (QED) is 0.462. The lowest BCUT2D eigenvalue weighted by molar-refractivity contribution is -0.140. The lowest BCUT2D eigenvalue weighted by atomic mass is 9.94. The Bertz CT molecular complexity index is 1040. The molecule has 0 amide bonds. The zero-order valence-corrected chi connectivity index (χ0v) is 15.5. The van der Waals surface area contributed by atoms with Gasteiger partial charge in [-0.3, -0.25) is 4.79 Å². The first-order valence-electron chi connectivity index (χ1n) is 8.85. The van der Waals surface area contributed by atoms with E-state index in [0.717, 1.165) is 26.8 Å². The van der Waals surface area contributed by atoms with Crippen molar-refractivity contribution in [1.29, 1.82) is 0 Å². The van der Waals surface area contributed by atoms with Gasteiger partial charge in [-0.1, -0.05) is 72.4 Å². The maximum absolute atomic E-state index is 12.7. The van der Waals surface area contributed by atoms with Crippen molar-refractivity contribution in [3.8, 4) is 0 Å². The van der Waals surface area contributed by atoms with Gasteiger partial charge in [0.25, 0.3) is 0 Å². The number of fused-ring (bicyclic) bond motifs is 1. The van der Waals surface area contributed by atoms with Crippen molar-refractivity contribution >= 4 is 39.2 Å². The third-order valence-electron chi connectivity index (χ3n) is 4.59. The highest BCUT2D eigenvalue weighted by molar-refractivity contribution is 8.13. The van der Waals surface area contributed by atoms with Gasteiger partial charge in [0.2, 0.25) is 0 Å². The highest BCUT2D eigenvalue weighted by Crippen LogP contribution is 2.32. The lowest BCUT2D eigenvalue weighted by Gasteiger charge is -2.20. The standard InChI is InChI=1S/C23H18O3S/c24-22(27-19-11-10-16-6-4-5-9-18(16)14-19)15-21-20(12-13-26-23(21)25)17-7-2-1-3-8-17/h1-11,14H,12-13,15H2. The summed E-state index contributed by atoms with van der Waals surface area (Å²) in [5.41, 5.74) is 2.37. The average Bonchev–Trinajstić information content (AvgIpc) is 2.70. The minimum atomic E-state index is -0.382. The van der Waals surface area contributed by atoms with E-state index in [-0.39, 0.29) is 17.5 Å². The maximum atomic E-state index is 12.7. The topological polar surface area (TPSA) is 43.4 Å². The summed E-state index contributed by atoms with van der Waals surface area (Å²) in [5, 5.41) is 2.17. The van der Waals surface area contributed by atoms with Crippen LogP contribution in [0, 0.1) is 0 Å². The van der Waals surface area contributed by atoms with Crippen LogP contribution in [0.3, 0.4) is 0 Å². The van der Waals surface area contributed by atoms with Gasteiger partial charge in [-0.25, -0.2) is 4.79 Å². The number of thioether (sulfide) groups is 1. The predicted octanol–water partition coefficient (Wildman–Crippen LogP) is 5.25. The molecule has 0 fully saturated rings. The normalized spacial score (nSPS) is 14.3. The number of ether oxygens (including phenoxy) is 1. The van der Waals surface area contributed by atoms with E-state index in [1.165, 1.54) is 11.8 Å². The molecule has 3 nitrogen and oxygen atoms in total. The van der Waals surface area contributed by atoms with Crippen LogP contribution in [0.25, 0.3) is 16.3 Å². The molecule has 134 valence electrons. The zero-order chi connectivity index (χ0) is 18.6. The molecule has 3 aromatic rings. The number of cyclic esters (lactones) is 1. The van der Waals surface area contributed by atoms with Gasteiger partial charge in [-0.15, -0.1) is 0 Å². The second kappa shape index (κ2) is 7.80. The number of esters is 1. The number of rotatable bonds is 4. The molecular weight excluding hydrogens is 356 g/mol. The fourth-order valence-electron chi connectivity index (χ4n) is 3.29. The van der Waals surface area contributed by atoms with Crippen LogP contribution in [0.15, 0.2) is 83.3 Å². The van der Waals surface area contributed by atoms with Crippen LogP contribution >= 0.6 is 11.8 Å². The monoisotopic (exact) mass is 374 g/mol. The molecule has 0 aromatic heterocycles. The number of carbonyl (C=O) groups excluding carboxylic acids is 2. The van der Waals surface area contributed by atoms with Crippen LogP contribution in [0.4, 0.5) is 0 Å². The van der Waals surface area contributed by atoms with Crippen LogP contribution in [0.1, 0.15) is 18.4 Å². The molecule has 1 aliphatic heterocycles. The first-order valence-corrected chi connectivity index (χ1v) is 9.66. The Labute approximate surface area is 162 Å². The fraction of sp³-hybridized carbons (Fsp3) is 0.130. The number of benzene rings is 3. The highest BCUT2D eigenvalue weighted by atomic mass is 32.2. The number of hydrogen-bond donors (Lipinski definition) is 0. The van der Waals surface area contributed by atoms with Crippen LogP contribution in [0.2, 0.25) is 0 Å². The second-order valence-electron chi connectivity index (χ2n) is 6.37. The first kappa shape index (κ1) is 17.6. The molecule has 0 saturated carbocycles. The Hall–Kier alpha value is -2.85. The Kier molecular flexibility index (Phi) is 5.07. The van der Waals surface area contributed by atoms with E-state index in [1.54, 1.807) is 0 Å². The van der Waals surface area contributed by atoms with Crippen molar-refractivity contribution in [3.63, 3.8) is 0 Å². The highest BCUT2D eigenvalue weighted by Gasteiger charge is 2.25. The zero-order valence-electron chi connectivity index (χ0n) is 14.7. The predicted molar refractivity (Wildman–Crippen MR) is 108 cm³/mol. The molecule has 0 spiro atoms. The summed E-state index contributed by atoms with van der Waals surface area (Å²) < 4.78 is 5.19. The molecule has 0 atom stereocenters. The van der Waals surface area contributed by atoms with Crippen LogP contribution in [-0.4, -0.2) is 17.7 Å². The van der Waals surface area contributed by atoms with Crippen LogP contribution in [-0.2, 0) is 14.3 Å². The Morgan fingerprint density at radius 1 is 0.926 bits per heavy atom. The van der Waals surface area contributed by atoms with E-state index in [4.69, 9.17) is 4.74 Å². The third kappa shape index (κ3) is 3.96. The molecule has 0 unspecified atom stereocenters. The van der Waals surface area contributed by atoms with Crippen molar-refractivity contribution in [2.45, 2.75) is 17.7 Å². The minimum absolute atomic E-state index is 0.0624. The second-order valence-corrected chi connectivity index (χ2v) is 7.50. The molecule has 1 heterocycles. The Morgan fingerprint density at radius 2 is 1.67 bits per heavy atom. The molecule has 0 saturated heterocycles. The van der Waals surface area contributed by atoms with Gasteiger partial charge < -0.3 is 4.74 Å². The Balaban J connectivity index is 1.57. The molecule has 0 N–H and O–H groups in total. The largest absolute Gasteiger partial charge is 0.462 e. The summed E-state index contributed by atoms with van der Waals surface area (Å²) in [6.45, 7) is 0.360. The average molecular weight is 374 g/mol. The third-order valence-corrected chi connectivity index (χ3v) is 5.45. The summed E-state index contributed by atoms with van der Waals surface area (Å²) in [5.74, 6) is -0.382. The van der Waals surface area contributed by atoms with E-state index < -0.39 is 0 Å². The molecule has 0 bridgehead atoms. The van der Waals surface area contributed by atoms with Crippen molar-refractivity contribution in [2.75, 3.05) is 6.61 Å². The summed E-state index contributed by atoms with van der Waals surface area (Å²) in [4.78, 5) is 25.8. The summed E-state index contributed by atoms with van der Waals surface area (Å²) >= 11 is 1.17. The van der Waals surface area contributed by atoms with E-state index in [0.29, 0.717) is 18.6 Å². The lowest BCUT2D eigenvalue weighted by Crippen LogP contribution is -2.19. The van der Waals surface area contributed by atoms with Crippen molar-refractivity contribution in [2.24, 2.45) is 0 Å². The molecule has 1 aliphatic rings. The molecule has 4 rings (SSSR count). The SMILES string of the molecule is O=C(CC1=C(c2ccccc2)CCOC1=O)Sc1ccc2ccccc2c1. The molecule has 3 aromatic carbocycles.